The molecule has 1 heterocycles. The van der Waals surface area contributed by atoms with Crippen molar-refractivity contribution in [1.82, 2.24) is 10.3 Å². The highest BCUT2D eigenvalue weighted by Gasteiger charge is 2.08. The predicted molar refractivity (Wildman–Crippen MR) is 55.4 cm³/mol. The highest BCUT2D eigenvalue weighted by Crippen LogP contribution is 2.10. The first kappa shape index (κ1) is 10.2. The van der Waals surface area contributed by atoms with Gasteiger partial charge in [0.05, 0.1) is 5.69 Å². The van der Waals surface area contributed by atoms with E-state index >= 15 is 0 Å². The van der Waals surface area contributed by atoms with Gasteiger partial charge in [0.2, 0.25) is 0 Å². The molecule has 0 saturated carbocycles. The van der Waals surface area contributed by atoms with E-state index in [1.54, 1.807) is 0 Å². The van der Waals surface area contributed by atoms with Gasteiger partial charge in [-0.05, 0) is 17.5 Å². The second kappa shape index (κ2) is 4.38. The minimum Gasteiger partial charge on any atom is -0.311 e. The standard InChI is InChI=1S/C11H18N2/c1-11(2,3)9-12-8-10-6-4-5-7-13-10/h4-7,12H,8-9H2,1-3H3. The van der Waals surface area contributed by atoms with Crippen LogP contribution in [-0.4, -0.2) is 11.5 Å². The number of nitrogens with one attached hydrogen (secondary N) is 1. The molecule has 2 heteroatoms. The van der Waals surface area contributed by atoms with E-state index < -0.39 is 0 Å². The van der Waals surface area contributed by atoms with Gasteiger partial charge in [-0.25, -0.2) is 0 Å². The Morgan fingerprint density at radius 3 is 2.62 bits per heavy atom. The van der Waals surface area contributed by atoms with Crippen molar-refractivity contribution in [3.05, 3.63) is 30.1 Å². The van der Waals surface area contributed by atoms with E-state index in [0.717, 1.165) is 18.8 Å². The molecule has 0 unspecified atom stereocenters. The summed E-state index contributed by atoms with van der Waals surface area (Å²) in [5.74, 6) is 0. The van der Waals surface area contributed by atoms with Crippen molar-refractivity contribution < 1.29 is 0 Å². The van der Waals surface area contributed by atoms with Crippen molar-refractivity contribution in [3.63, 3.8) is 0 Å². The van der Waals surface area contributed by atoms with Crippen LogP contribution in [0.25, 0.3) is 0 Å². The van der Waals surface area contributed by atoms with Crippen molar-refractivity contribution in [1.29, 1.82) is 0 Å². The predicted octanol–water partition coefficient (Wildman–Crippen LogP) is 2.22. The molecule has 0 spiro atoms. The lowest BCUT2D eigenvalue weighted by Crippen LogP contribution is -2.26. The number of hydrogen-bond donors (Lipinski definition) is 1. The maximum absolute atomic E-state index is 4.24. The maximum atomic E-state index is 4.24. The molecule has 0 fully saturated rings. The van der Waals surface area contributed by atoms with E-state index in [9.17, 15) is 0 Å². The highest BCUT2D eigenvalue weighted by atomic mass is 14.9. The van der Waals surface area contributed by atoms with Crippen LogP contribution in [0.5, 0.6) is 0 Å². The van der Waals surface area contributed by atoms with Gasteiger partial charge >= 0.3 is 0 Å². The van der Waals surface area contributed by atoms with Gasteiger partial charge < -0.3 is 5.32 Å². The van der Waals surface area contributed by atoms with E-state index in [1.165, 1.54) is 0 Å². The van der Waals surface area contributed by atoms with Gasteiger partial charge in [0.1, 0.15) is 0 Å². The molecule has 0 aliphatic heterocycles. The fraction of sp³-hybridized carbons (Fsp3) is 0.545. The molecule has 13 heavy (non-hydrogen) atoms. The van der Waals surface area contributed by atoms with Crippen LogP contribution in [-0.2, 0) is 6.54 Å². The van der Waals surface area contributed by atoms with Crippen LogP contribution < -0.4 is 5.32 Å². The fourth-order valence-electron chi connectivity index (χ4n) is 1.07. The summed E-state index contributed by atoms with van der Waals surface area (Å²) in [4.78, 5) is 4.24. The molecule has 1 aromatic heterocycles. The molecule has 0 aromatic carbocycles. The number of nitrogens with zero attached hydrogens (tertiary/aromatic N) is 1. The lowest BCUT2D eigenvalue weighted by molar-refractivity contribution is 0.378. The molecular formula is C11H18N2. The van der Waals surface area contributed by atoms with Gasteiger partial charge in [0, 0.05) is 19.3 Å². The molecule has 0 aliphatic carbocycles. The number of aromatic nitrogens is 1. The van der Waals surface area contributed by atoms with Crippen LogP contribution in [0.2, 0.25) is 0 Å². The Kier molecular flexibility index (Phi) is 3.43. The fourth-order valence-corrected chi connectivity index (χ4v) is 1.07. The van der Waals surface area contributed by atoms with Crippen LogP contribution in [0.1, 0.15) is 26.5 Å². The van der Waals surface area contributed by atoms with Crippen LogP contribution >= 0.6 is 0 Å². The summed E-state index contributed by atoms with van der Waals surface area (Å²) >= 11 is 0. The van der Waals surface area contributed by atoms with E-state index in [0.29, 0.717) is 5.41 Å². The normalized spacial score (nSPS) is 11.6. The van der Waals surface area contributed by atoms with Crippen molar-refractivity contribution in [2.45, 2.75) is 27.3 Å². The van der Waals surface area contributed by atoms with Crippen molar-refractivity contribution in [2.75, 3.05) is 6.54 Å². The van der Waals surface area contributed by atoms with Gasteiger partial charge in [-0.1, -0.05) is 26.8 Å². The molecule has 72 valence electrons. The summed E-state index contributed by atoms with van der Waals surface area (Å²) in [6.45, 7) is 8.54. The van der Waals surface area contributed by atoms with Gasteiger partial charge in [-0.3, -0.25) is 4.98 Å². The first-order valence-electron chi connectivity index (χ1n) is 4.68. The molecule has 0 amide bonds. The zero-order valence-electron chi connectivity index (χ0n) is 8.67. The second-order valence-corrected chi connectivity index (χ2v) is 4.49. The monoisotopic (exact) mass is 178 g/mol. The molecule has 1 N–H and O–H groups in total. The number of pyridine rings is 1. The van der Waals surface area contributed by atoms with Crippen LogP contribution in [0, 0.1) is 5.41 Å². The molecular weight excluding hydrogens is 160 g/mol. The number of hydrogen-bond acceptors (Lipinski definition) is 2. The van der Waals surface area contributed by atoms with Crippen LogP contribution in [0.4, 0.5) is 0 Å². The Labute approximate surface area is 80.4 Å². The molecule has 0 bridgehead atoms. The molecule has 1 rings (SSSR count). The average molecular weight is 178 g/mol. The lowest BCUT2D eigenvalue weighted by atomic mass is 9.97. The Bertz CT molecular complexity index is 236. The van der Waals surface area contributed by atoms with Gasteiger partial charge in [0.15, 0.2) is 0 Å². The Morgan fingerprint density at radius 1 is 1.31 bits per heavy atom. The van der Waals surface area contributed by atoms with Gasteiger partial charge in [-0.2, -0.15) is 0 Å². The Balaban J connectivity index is 2.29. The zero-order valence-corrected chi connectivity index (χ0v) is 8.67. The average Bonchev–Trinajstić information content (AvgIpc) is 2.04. The molecule has 1 aromatic rings. The largest absolute Gasteiger partial charge is 0.311 e. The van der Waals surface area contributed by atoms with Crippen LogP contribution in [0.3, 0.4) is 0 Å². The molecule has 0 radical (unpaired) electrons. The third kappa shape index (κ3) is 4.63. The minimum atomic E-state index is 0.342. The van der Waals surface area contributed by atoms with E-state index in [4.69, 9.17) is 0 Å². The van der Waals surface area contributed by atoms with E-state index in [2.05, 4.69) is 31.1 Å². The molecule has 2 nitrogen and oxygen atoms in total. The van der Waals surface area contributed by atoms with E-state index in [-0.39, 0.29) is 0 Å². The maximum Gasteiger partial charge on any atom is 0.0541 e. The van der Waals surface area contributed by atoms with Crippen molar-refractivity contribution in [3.8, 4) is 0 Å². The molecule has 0 atom stereocenters. The zero-order chi connectivity index (χ0) is 9.73. The third-order valence-electron chi connectivity index (χ3n) is 1.69. The summed E-state index contributed by atoms with van der Waals surface area (Å²) in [6.07, 6.45) is 1.83. The molecule has 0 aliphatic rings. The smallest absolute Gasteiger partial charge is 0.0541 e. The highest BCUT2D eigenvalue weighted by molar-refractivity contribution is 5.02. The topological polar surface area (TPSA) is 24.9 Å². The van der Waals surface area contributed by atoms with Gasteiger partial charge in [-0.15, -0.1) is 0 Å². The first-order valence-corrected chi connectivity index (χ1v) is 4.68. The first-order chi connectivity index (χ1) is 6.08. The summed E-state index contributed by atoms with van der Waals surface area (Å²) in [6, 6.07) is 5.99. The SMILES string of the molecule is CC(C)(C)CNCc1ccccn1. The third-order valence-corrected chi connectivity index (χ3v) is 1.69. The van der Waals surface area contributed by atoms with Crippen LogP contribution in [0.15, 0.2) is 24.4 Å². The Morgan fingerprint density at radius 2 is 2.08 bits per heavy atom. The second-order valence-electron chi connectivity index (χ2n) is 4.49. The van der Waals surface area contributed by atoms with Crippen molar-refractivity contribution in [2.24, 2.45) is 5.41 Å². The van der Waals surface area contributed by atoms with Crippen molar-refractivity contribution >= 4 is 0 Å². The molecule has 0 saturated heterocycles. The Hall–Kier alpha value is -0.890. The summed E-state index contributed by atoms with van der Waals surface area (Å²) in [5.41, 5.74) is 1.45. The lowest BCUT2D eigenvalue weighted by Gasteiger charge is -2.18. The summed E-state index contributed by atoms with van der Waals surface area (Å²) in [7, 11) is 0. The summed E-state index contributed by atoms with van der Waals surface area (Å²) < 4.78 is 0. The van der Waals surface area contributed by atoms with Gasteiger partial charge in [0.25, 0.3) is 0 Å². The number of rotatable bonds is 3. The van der Waals surface area contributed by atoms with E-state index in [1.807, 2.05) is 24.4 Å². The quantitative estimate of drug-likeness (QED) is 0.767. The summed E-state index contributed by atoms with van der Waals surface area (Å²) in [5, 5.41) is 3.38. The minimum absolute atomic E-state index is 0.342.